The Morgan fingerprint density at radius 1 is 0.202 bits per heavy atom. The third kappa shape index (κ3) is 11.8. The average molecular weight is 1530 g/mol. The van der Waals surface area contributed by atoms with Gasteiger partial charge in [0.15, 0.2) is 57.6 Å². The van der Waals surface area contributed by atoms with E-state index < -0.39 is 0 Å². The number of para-hydroxylation sites is 1. The van der Waals surface area contributed by atoms with Crippen LogP contribution in [0, 0.1) is 0 Å². The first-order valence-corrected chi connectivity index (χ1v) is 40.5. The summed E-state index contributed by atoms with van der Waals surface area (Å²) in [5, 5.41) is 2.35. The third-order valence-electron chi connectivity index (χ3n) is 24.5. The number of aromatic nitrogens is 5. The van der Waals surface area contributed by atoms with Crippen LogP contribution in [-0.2, 0) is 10.8 Å². The van der Waals surface area contributed by atoms with E-state index in [0.717, 1.165) is 140 Å². The van der Waals surface area contributed by atoms with Crippen molar-refractivity contribution in [1.82, 2.24) is 24.5 Å². The molecule has 0 spiro atoms. The molecule has 5 heterocycles. The fraction of sp³-hybridized carbons (Fsp3) is 0.0545. The maximum atomic E-state index is 7.00. The van der Waals surface area contributed by atoms with Gasteiger partial charge in [0, 0.05) is 60.7 Å². The standard InChI is InChI=1S/C110H73N5O4/c1-109(2)89-38-16-14-36-83(89)87-60-103-105(62-91(87)109)116-99-50-44-76(58-101(99)118-103)72-30-19-33-79(53-72)94-64-93(68-26-12-7-13-27-68)111-107(112-94)69-40-46-82(47-41-69)115-97-39-17-15-37-84(97)85-48-42-75(57-98(85)115)74-43-49-90-86(56-74)88-61-104-106(63-92(88)110(90,3)4)117-100-51-45-77(59-102(100)119-104)73-31-20-34-80(54-73)96-65-95(78-32-18-28-70(52-78)66-22-8-5-9-23-66)113-108(114-96)81-35-21-29-71(55-81)67-24-10-6-11-25-67/h5-65H,1-4H3. The predicted molar refractivity (Wildman–Crippen MR) is 480 cm³/mol. The lowest BCUT2D eigenvalue weighted by molar-refractivity contribution is 0.359. The largest absolute Gasteiger partial charge is 0.450 e. The van der Waals surface area contributed by atoms with E-state index >= 15 is 0 Å². The molecule has 0 N–H and O–H groups in total. The van der Waals surface area contributed by atoms with Crippen LogP contribution in [0.25, 0.3) is 173 Å². The average Bonchev–Trinajstić information content (AvgIpc) is 1.58. The summed E-state index contributed by atoms with van der Waals surface area (Å²) in [7, 11) is 0. The van der Waals surface area contributed by atoms with E-state index in [-0.39, 0.29) is 10.8 Å². The predicted octanol–water partition coefficient (Wildman–Crippen LogP) is 29.1. The second-order valence-corrected chi connectivity index (χ2v) is 32.5. The number of hydrogen-bond donors (Lipinski definition) is 0. The summed E-state index contributed by atoms with van der Waals surface area (Å²) in [6.07, 6.45) is 0. The number of ether oxygens (including phenoxy) is 4. The van der Waals surface area contributed by atoms with Crippen LogP contribution in [0.1, 0.15) is 49.9 Å². The van der Waals surface area contributed by atoms with Gasteiger partial charge < -0.3 is 23.5 Å². The van der Waals surface area contributed by atoms with Crippen LogP contribution >= 0.6 is 0 Å². The minimum absolute atomic E-state index is 0.154. The topological polar surface area (TPSA) is 93.4 Å². The molecule has 0 bridgehead atoms. The molecule has 4 aliphatic rings. The zero-order chi connectivity index (χ0) is 79.2. The second kappa shape index (κ2) is 27.2. The molecule has 9 heteroatoms. The van der Waals surface area contributed by atoms with Crippen molar-refractivity contribution in [2.45, 2.75) is 38.5 Å². The molecular formula is C110H73N5O4. The Hall–Kier alpha value is -15.3. The van der Waals surface area contributed by atoms with Crippen LogP contribution < -0.4 is 18.9 Å². The Morgan fingerprint density at radius 2 is 0.555 bits per heavy atom. The second-order valence-electron chi connectivity index (χ2n) is 32.5. The van der Waals surface area contributed by atoms with Crippen LogP contribution in [0.2, 0.25) is 0 Å². The van der Waals surface area contributed by atoms with Gasteiger partial charge in [-0.15, -0.1) is 0 Å². The quantitative estimate of drug-likeness (QED) is 0.119. The van der Waals surface area contributed by atoms with Crippen molar-refractivity contribution in [3.8, 4) is 197 Å². The molecular weight excluding hydrogens is 1460 g/mol. The molecule has 0 radical (unpaired) electrons. The summed E-state index contributed by atoms with van der Waals surface area (Å²) in [5.41, 5.74) is 32.3. The van der Waals surface area contributed by atoms with Crippen molar-refractivity contribution in [1.29, 1.82) is 0 Å². The molecule has 0 saturated heterocycles. The molecule has 0 unspecified atom stereocenters. The zero-order valence-corrected chi connectivity index (χ0v) is 65.6. The van der Waals surface area contributed by atoms with Gasteiger partial charge in [-0.1, -0.05) is 270 Å². The molecule has 19 aromatic rings. The SMILES string of the molecule is CC1(C)c2ccccc2-c2cc3c(cc21)Oc1ccc(-c2cccc(-c4cc(-c5ccccc5)nc(-c5ccc(-n6c7ccccc7c7ccc(-c8ccc9c(c8)-c8cc%10c(cc8C9(C)C)Oc8ccc(-c9cccc(-c%11cc(-c%12cccc(-c%13ccccc%13)c%12)nc(-c%12cccc(-c%13ccccc%13)c%12)n%11)c9)cc8O%10)cc76)cc5)n4)c2)cc1O3. The van der Waals surface area contributed by atoms with Gasteiger partial charge in [0.1, 0.15) is 0 Å². The van der Waals surface area contributed by atoms with Gasteiger partial charge in [-0.3, -0.25) is 0 Å². The fourth-order valence-electron chi connectivity index (χ4n) is 18.4. The Kier molecular flexibility index (Phi) is 15.8. The summed E-state index contributed by atoms with van der Waals surface area (Å²) < 4.78 is 29.6. The number of hydrogen-bond acceptors (Lipinski definition) is 8. The van der Waals surface area contributed by atoms with E-state index in [1.807, 2.05) is 30.3 Å². The highest BCUT2D eigenvalue weighted by molar-refractivity contribution is 6.10. The van der Waals surface area contributed by atoms with Crippen LogP contribution in [0.3, 0.4) is 0 Å². The monoisotopic (exact) mass is 1530 g/mol. The summed E-state index contributed by atoms with van der Waals surface area (Å²) in [6.45, 7) is 9.18. The van der Waals surface area contributed by atoms with Gasteiger partial charge in [-0.25, -0.2) is 19.9 Å². The molecule has 2 aliphatic heterocycles. The maximum Gasteiger partial charge on any atom is 0.170 e. The smallest absolute Gasteiger partial charge is 0.170 e. The normalized spacial score (nSPS) is 13.3. The van der Waals surface area contributed by atoms with E-state index in [1.54, 1.807) is 0 Å². The molecule has 2 aliphatic carbocycles. The highest BCUT2D eigenvalue weighted by Gasteiger charge is 2.40. The minimum atomic E-state index is -0.318. The van der Waals surface area contributed by atoms with Crippen molar-refractivity contribution in [2.24, 2.45) is 0 Å². The van der Waals surface area contributed by atoms with Gasteiger partial charge in [0.25, 0.3) is 0 Å². The molecule has 119 heavy (non-hydrogen) atoms. The van der Waals surface area contributed by atoms with Crippen LogP contribution in [0.4, 0.5) is 0 Å². The number of fused-ring (bicyclic) bond motifs is 13. The molecule has 16 aromatic carbocycles. The summed E-state index contributed by atoms with van der Waals surface area (Å²) in [4.78, 5) is 21.3. The Labute approximate surface area is 689 Å². The van der Waals surface area contributed by atoms with E-state index in [9.17, 15) is 0 Å². The van der Waals surface area contributed by atoms with Crippen molar-refractivity contribution >= 4 is 21.8 Å². The lowest BCUT2D eigenvalue weighted by Gasteiger charge is -2.25. The van der Waals surface area contributed by atoms with Crippen LogP contribution in [0.5, 0.6) is 46.0 Å². The van der Waals surface area contributed by atoms with Gasteiger partial charge in [-0.2, -0.15) is 0 Å². The van der Waals surface area contributed by atoms with Crippen molar-refractivity contribution in [3.05, 3.63) is 392 Å². The van der Waals surface area contributed by atoms with Crippen LogP contribution in [0.15, 0.2) is 370 Å². The van der Waals surface area contributed by atoms with Crippen molar-refractivity contribution < 1.29 is 18.9 Å². The Bertz CT molecular complexity index is 7310. The molecule has 9 nitrogen and oxygen atoms in total. The van der Waals surface area contributed by atoms with E-state index in [0.29, 0.717) is 51.9 Å². The molecule has 0 amide bonds. The van der Waals surface area contributed by atoms with Crippen molar-refractivity contribution in [3.63, 3.8) is 0 Å². The minimum Gasteiger partial charge on any atom is -0.450 e. The number of rotatable bonds is 12. The molecule has 3 aromatic heterocycles. The highest BCUT2D eigenvalue weighted by atomic mass is 16.6. The third-order valence-corrected chi connectivity index (χ3v) is 24.5. The van der Waals surface area contributed by atoms with Gasteiger partial charge in [0.05, 0.1) is 33.8 Å². The first kappa shape index (κ1) is 69.2. The lowest BCUT2D eigenvalue weighted by Crippen LogP contribution is -2.15. The maximum absolute atomic E-state index is 7.00. The molecule has 23 rings (SSSR count). The molecule has 562 valence electrons. The Morgan fingerprint density at radius 3 is 1.12 bits per heavy atom. The van der Waals surface area contributed by atoms with Crippen molar-refractivity contribution in [2.75, 3.05) is 0 Å². The first-order chi connectivity index (χ1) is 58.4. The van der Waals surface area contributed by atoms with E-state index in [4.69, 9.17) is 38.9 Å². The highest BCUT2D eigenvalue weighted by Crippen LogP contribution is 2.58. The molecule has 0 fully saturated rings. The van der Waals surface area contributed by atoms with Gasteiger partial charge in [0.2, 0.25) is 0 Å². The molecule has 0 atom stereocenters. The zero-order valence-electron chi connectivity index (χ0n) is 65.6. The van der Waals surface area contributed by atoms with Gasteiger partial charge >= 0.3 is 0 Å². The summed E-state index contributed by atoms with van der Waals surface area (Å²) in [5.74, 6) is 6.74. The molecule has 0 saturated carbocycles. The number of benzene rings is 16. The summed E-state index contributed by atoms with van der Waals surface area (Å²) in [6, 6.07) is 131. The summed E-state index contributed by atoms with van der Waals surface area (Å²) >= 11 is 0. The first-order valence-electron chi connectivity index (χ1n) is 40.5. The van der Waals surface area contributed by atoms with Gasteiger partial charge in [-0.05, 0) is 228 Å². The van der Waals surface area contributed by atoms with E-state index in [1.165, 1.54) is 49.7 Å². The Balaban J connectivity index is 0.539. The number of nitrogens with zero attached hydrogens (tertiary/aromatic N) is 5. The lowest BCUT2D eigenvalue weighted by atomic mass is 9.82. The van der Waals surface area contributed by atoms with E-state index in [2.05, 4.69) is 372 Å². The van der Waals surface area contributed by atoms with Crippen LogP contribution in [-0.4, -0.2) is 24.5 Å². The fourth-order valence-corrected chi connectivity index (χ4v) is 18.4.